The summed E-state index contributed by atoms with van der Waals surface area (Å²) in [6.45, 7) is 2.21. The van der Waals surface area contributed by atoms with Crippen LogP contribution in [-0.2, 0) is 24.1 Å². The summed E-state index contributed by atoms with van der Waals surface area (Å²) < 4.78 is 6.54. The fraction of sp³-hybridized carbons (Fsp3) is 0.667. The summed E-state index contributed by atoms with van der Waals surface area (Å²) >= 11 is 1.49. The van der Waals surface area contributed by atoms with E-state index in [9.17, 15) is 0 Å². The van der Waals surface area contributed by atoms with Crippen LogP contribution in [0.3, 0.4) is 0 Å². The van der Waals surface area contributed by atoms with Gasteiger partial charge in [-0.2, -0.15) is 0 Å². The molecule has 1 unspecified atom stereocenters. The summed E-state index contributed by atoms with van der Waals surface area (Å²) in [5.41, 5.74) is 1.53. The van der Waals surface area contributed by atoms with Gasteiger partial charge in [0.05, 0.1) is 0 Å². The van der Waals surface area contributed by atoms with Crippen molar-refractivity contribution in [2.24, 2.45) is 5.92 Å². The molecule has 1 aliphatic rings. The Hall–Kier alpha value is 0.258. The van der Waals surface area contributed by atoms with E-state index in [4.69, 9.17) is 4.74 Å². The van der Waals surface area contributed by atoms with Crippen LogP contribution in [0.1, 0.15) is 26.2 Å². The SMILES string of the molecule is CO[C](=[W])C1CCC=C(C)C1. The van der Waals surface area contributed by atoms with Gasteiger partial charge < -0.3 is 0 Å². The first-order valence-electron chi connectivity index (χ1n) is 3.97. The number of rotatable bonds is 2. The second-order valence-corrected chi connectivity index (χ2v) is 4.50. The summed E-state index contributed by atoms with van der Waals surface area (Å²) in [6.07, 6.45) is 6.07. The van der Waals surface area contributed by atoms with E-state index in [-0.39, 0.29) is 0 Å². The third kappa shape index (κ3) is 2.65. The molecular weight excluding hydrogens is 308 g/mol. The van der Waals surface area contributed by atoms with Gasteiger partial charge in [0.15, 0.2) is 0 Å². The number of allylic oxidation sites excluding steroid dienone is 2. The molecule has 0 fully saturated rings. The number of hydrogen-bond donors (Lipinski definition) is 0. The Balaban J connectivity index is 2.50. The molecule has 1 nitrogen and oxygen atoms in total. The van der Waals surface area contributed by atoms with E-state index in [1.54, 1.807) is 7.11 Å². The Morgan fingerprint density at radius 1 is 1.73 bits per heavy atom. The predicted molar refractivity (Wildman–Crippen MR) is 43.1 cm³/mol. The molecule has 0 saturated heterocycles. The van der Waals surface area contributed by atoms with Crippen LogP contribution in [0.5, 0.6) is 0 Å². The second kappa shape index (κ2) is 4.33. The summed E-state index contributed by atoms with van der Waals surface area (Å²) in [5, 5.41) is 0. The molecule has 0 aromatic heterocycles. The van der Waals surface area contributed by atoms with Crippen molar-refractivity contribution in [3.63, 3.8) is 0 Å². The molecule has 2 heteroatoms. The van der Waals surface area contributed by atoms with E-state index < -0.39 is 0 Å². The van der Waals surface area contributed by atoms with Crippen LogP contribution >= 0.6 is 0 Å². The number of methoxy groups -OCH3 is 1. The van der Waals surface area contributed by atoms with E-state index in [0.29, 0.717) is 5.92 Å². The van der Waals surface area contributed by atoms with Gasteiger partial charge in [0.1, 0.15) is 0 Å². The van der Waals surface area contributed by atoms with Gasteiger partial charge in [-0.25, -0.2) is 0 Å². The van der Waals surface area contributed by atoms with Gasteiger partial charge in [-0.3, -0.25) is 0 Å². The van der Waals surface area contributed by atoms with Gasteiger partial charge in [-0.15, -0.1) is 0 Å². The topological polar surface area (TPSA) is 9.23 Å². The molecule has 0 heterocycles. The third-order valence-corrected chi connectivity index (χ3v) is 3.91. The first-order chi connectivity index (χ1) is 5.24. The normalized spacial score (nSPS) is 24.5. The average molecular weight is 322 g/mol. The maximum absolute atomic E-state index is 5.26. The van der Waals surface area contributed by atoms with Crippen molar-refractivity contribution in [1.82, 2.24) is 0 Å². The zero-order valence-electron chi connectivity index (χ0n) is 7.09. The summed E-state index contributed by atoms with van der Waals surface area (Å²) in [6, 6.07) is 0. The van der Waals surface area contributed by atoms with Crippen LogP contribution in [0.4, 0.5) is 0 Å². The summed E-state index contributed by atoms with van der Waals surface area (Å²) in [7, 11) is 1.79. The monoisotopic (exact) mass is 322 g/mol. The van der Waals surface area contributed by atoms with E-state index in [2.05, 4.69) is 13.0 Å². The Kier molecular flexibility index (Phi) is 3.68. The summed E-state index contributed by atoms with van der Waals surface area (Å²) in [5.74, 6) is 0.708. The number of ether oxygens (including phenoxy) is 1. The van der Waals surface area contributed by atoms with E-state index in [1.807, 2.05) is 0 Å². The second-order valence-electron chi connectivity index (χ2n) is 3.05. The Morgan fingerprint density at radius 2 is 2.45 bits per heavy atom. The van der Waals surface area contributed by atoms with Crippen molar-refractivity contribution in [2.45, 2.75) is 26.2 Å². The van der Waals surface area contributed by atoms with Crippen LogP contribution in [-0.4, -0.2) is 11.2 Å². The third-order valence-electron chi connectivity index (χ3n) is 2.11. The van der Waals surface area contributed by atoms with E-state index in [0.717, 1.165) is 0 Å². The van der Waals surface area contributed by atoms with Gasteiger partial charge in [-0.05, 0) is 0 Å². The first kappa shape index (κ1) is 9.35. The van der Waals surface area contributed by atoms with Crippen LogP contribution < -0.4 is 0 Å². The van der Waals surface area contributed by atoms with Crippen molar-refractivity contribution in [3.8, 4) is 0 Å². The molecule has 0 spiro atoms. The van der Waals surface area contributed by atoms with Crippen molar-refractivity contribution >= 4 is 4.08 Å². The predicted octanol–water partition coefficient (Wildman–Crippen LogP) is 2.06. The standard InChI is InChI=1S/C9H14O.W/c1-8-4-3-5-9(6-8)7-10-2;/h4,9H,3,5-6H2,1-2H3;. The molecule has 0 amide bonds. The zero-order valence-corrected chi connectivity index (χ0v) is 10.0. The van der Waals surface area contributed by atoms with E-state index in [1.165, 1.54) is 48.3 Å². The van der Waals surface area contributed by atoms with Crippen molar-refractivity contribution in [2.75, 3.05) is 7.11 Å². The maximum atomic E-state index is 5.26. The molecule has 11 heavy (non-hydrogen) atoms. The Morgan fingerprint density at radius 3 is 3.00 bits per heavy atom. The fourth-order valence-corrected chi connectivity index (χ4v) is 2.20. The van der Waals surface area contributed by atoms with Crippen LogP contribution in [0.15, 0.2) is 11.6 Å². The Bertz CT molecular complexity index is 184. The molecule has 62 valence electrons. The van der Waals surface area contributed by atoms with Gasteiger partial charge in [-0.1, -0.05) is 0 Å². The molecule has 0 saturated carbocycles. The molecule has 0 N–H and O–H groups in total. The molecule has 1 aliphatic carbocycles. The first-order valence-corrected chi connectivity index (χ1v) is 5.44. The fourth-order valence-electron chi connectivity index (χ4n) is 1.47. The Labute approximate surface area is 79.2 Å². The van der Waals surface area contributed by atoms with Crippen molar-refractivity contribution < 1.29 is 24.1 Å². The van der Waals surface area contributed by atoms with Crippen LogP contribution in [0, 0.1) is 5.92 Å². The molecule has 0 bridgehead atoms. The minimum atomic E-state index is 0.708. The van der Waals surface area contributed by atoms with Gasteiger partial charge in [0.25, 0.3) is 0 Å². The van der Waals surface area contributed by atoms with Gasteiger partial charge in [0.2, 0.25) is 0 Å². The van der Waals surface area contributed by atoms with Crippen LogP contribution in [0.25, 0.3) is 0 Å². The average Bonchev–Trinajstić information content (AvgIpc) is 2.03. The molecule has 1 rings (SSSR count). The molecule has 1 atom stereocenters. The molecule has 0 aromatic rings. The molecule has 0 aromatic carbocycles. The number of hydrogen-bond acceptors (Lipinski definition) is 1. The van der Waals surface area contributed by atoms with Crippen LogP contribution in [0.2, 0.25) is 0 Å². The van der Waals surface area contributed by atoms with Crippen molar-refractivity contribution in [3.05, 3.63) is 11.6 Å². The van der Waals surface area contributed by atoms with Gasteiger partial charge in [0, 0.05) is 0 Å². The quantitative estimate of drug-likeness (QED) is 0.707. The molecule has 0 aliphatic heterocycles. The van der Waals surface area contributed by atoms with Gasteiger partial charge >= 0.3 is 79.0 Å². The minimum absolute atomic E-state index is 0.708. The summed E-state index contributed by atoms with van der Waals surface area (Å²) in [4.78, 5) is 0. The van der Waals surface area contributed by atoms with Crippen molar-refractivity contribution in [1.29, 1.82) is 0 Å². The molecule has 0 radical (unpaired) electrons. The zero-order chi connectivity index (χ0) is 8.27. The van der Waals surface area contributed by atoms with E-state index >= 15 is 0 Å². The molecular formula is C9H14OW.